The van der Waals surface area contributed by atoms with Crippen LogP contribution < -0.4 is 9.47 Å². The molecule has 2 nitrogen and oxygen atoms in total. The van der Waals surface area contributed by atoms with Gasteiger partial charge in [0.05, 0.1) is 19.6 Å². The molecular weight excluding hydrogens is 321 g/mol. The molecule has 0 aliphatic rings. The van der Waals surface area contributed by atoms with Crippen LogP contribution in [0.15, 0.2) is 30.3 Å². The van der Waals surface area contributed by atoms with E-state index in [0.717, 1.165) is 6.07 Å². The summed E-state index contributed by atoms with van der Waals surface area (Å²) in [7, 11) is 2.88. The van der Waals surface area contributed by atoms with Crippen LogP contribution >= 0.6 is 23.2 Å². The van der Waals surface area contributed by atoms with Crippen molar-refractivity contribution >= 4 is 23.2 Å². The van der Waals surface area contributed by atoms with Crippen molar-refractivity contribution < 1.29 is 18.3 Å². The van der Waals surface area contributed by atoms with Crippen molar-refractivity contribution in [3.63, 3.8) is 0 Å². The first kappa shape index (κ1) is 15.9. The molecule has 1 atom stereocenters. The van der Waals surface area contributed by atoms with Crippen LogP contribution in [0.1, 0.15) is 16.5 Å². The molecule has 112 valence electrons. The fourth-order valence-corrected chi connectivity index (χ4v) is 2.67. The fraction of sp³-hybridized carbons (Fsp3) is 0.200. The lowest BCUT2D eigenvalue weighted by Crippen LogP contribution is -2.02. The van der Waals surface area contributed by atoms with Crippen LogP contribution in [0, 0.1) is 11.6 Å². The zero-order valence-corrected chi connectivity index (χ0v) is 12.8. The van der Waals surface area contributed by atoms with Crippen molar-refractivity contribution in [3.8, 4) is 11.5 Å². The lowest BCUT2D eigenvalue weighted by molar-refractivity contribution is 0.391. The summed E-state index contributed by atoms with van der Waals surface area (Å²) < 4.78 is 37.5. The van der Waals surface area contributed by atoms with Crippen LogP contribution in [0.3, 0.4) is 0 Å². The molecule has 2 rings (SSSR count). The van der Waals surface area contributed by atoms with E-state index in [-0.39, 0.29) is 16.3 Å². The van der Waals surface area contributed by atoms with Gasteiger partial charge in [0.25, 0.3) is 0 Å². The zero-order valence-electron chi connectivity index (χ0n) is 11.3. The number of hydrogen-bond donors (Lipinski definition) is 0. The SMILES string of the molecule is COc1ccc(C(Cl)c2cccc(F)c2F)c(OC)c1Cl. The van der Waals surface area contributed by atoms with E-state index in [4.69, 9.17) is 32.7 Å². The molecular formula is C15H12Cl2F2O2. The quantitative estimate of drug-likeness (QED) is 0.736. The summed E-state index contributed by atoms with van der Waals surface area (Å²) in [5.41, 5.74) is 0.436. The third kappa shape index (κ3) is 2.92. The molecule has 2 aromatic rings. The Morgan fingerprint density at radius 1 is 1.00 bits per heavy atom. The average Bonchev–Trinajstić information content (AvgIpc) is 2.49. The van der Waals surface area contributed by atoms with Gasteiger partial charge in [0.1, 0.15) is 16.5 Å². The Labute approximate surface area is 131 Å². The molecule has 0 saturated carbocycles. The van der Waals surface area contributed by atoms with Gasteiger partial charge in [-0.3, -0.25) is 0 Å². The fourth-order valence-electron chi connectivity index (χ4n) is 2.00. The molecule has 0 aliphatic heterocycles. The Kier molecular flexibility index (Phi) is 4.91. The van der Waals surface area contributed by atoms with E-state index in [1.165, 1.54) is 26.4 Å². The van der Waals surface area contributed by atoms with Gasteiger partial charge in [-0.1, -0.05) is 23.7 Å². The Balaban J connectivity index is 2.56. The summed E-state index contributed by atoms with van der Waals surface area (Å²) in [6.45, 7) is 0. The second kappa shape index (κ2) is 6.50. The van der Waals surface area contributed by atoms with Crippen LogP contribution in [-0.2, 0) is 0 Å². The van der Waals surface area contributed by atoms with Crippen LogP contribution in [0.2, 0.25) is 5.02 Å². The molecule has 2 aromatic carbocycles. The van der Waals surface area contributed by atoms with Crippen molar-refractivity contribution in [3.05, 3.63) is 58.1 Å². The summed E-state index contributed by atoms with van der Waals surface area (Å²) >= 11 is 12.4. The Hall–Kier alpha value is -1.52. The number of halogens is 4. The van der Waals surface area contributed by atoms with Crippen molar-refractivity contribution in [1.82, 2.24) is 0 Å². The van der Waals surface area contributed by atoms with E-state index in [2.05, 4.69) is 0 Å². The van der Waals surface area contributed by atoms with E-state index in [1.807, 2.05) is 0 Å². The molecule has 6 heteroatoms. The molecule has 0 heterocycles. The first-order chi connectivity index (χ1) is 10.0. The highest BCUT2D eigenvalue weighted by Crippen LogP contribution is 2.43. The minimum Gasteiger partial charge on any atom is -0.495 e. The second-order valence-corrected chi connectivity index (χ2v) is 5.02. The van der Waals surface area contributed by atoms with E-state index < -0.39 is 17.0 Å². The predicted molar refractivity (Wildman–Crippen MR) is 78.6 cm³/mol. The summed E-state index contributed by atoms with van der Waals surface area (Å²) in [6, 6.07) is 7.02. The van der Waals surface area contributed by atoms with Gasteiger partial charge in [-0.15, -0.1) is 11.6 Å². The summed E-state index contributed by atoms with van der Waals surface area (Å²) in [6.07, 6.45) is 0. The lowest BCUT2D eigenvalue weighted by Gasteiger charge is -2.17. The van der Waals surface area contributed by atoms with E-state index in [9.17, 15) is 8.78 Å². The standard InChI is InChI=1S/C15H12Cl2F2O2/c1-20-11-7-6-9(15(21-2)13(11)17)12(16)8-4-3-5-10(18)14(8)19/h3-7,12H,1-2H3. The molecule has 0 aromatic heterocycles. The normalized spacial score (nSPS) is 12.1. The molecule has 0 aliphatic carbocycles. The Morgan fingerprint density at radius 2 is 1.71 bits per heavy atom. The highest BCUT2D eigenvalue weighted by molar-refractivity contribution is 6.34. The van der Waals surface area contributed by atoms with E-state index >= 15 is 0 Å². The molecule has 0 bridgehead atoms. The molecule has 0 fully saturated rings. The smallest absolute Gasteiger partial charge is 0.163 e. The van der Waals surface area contributed by atoms with Crippen LogP contribution in [0.4, 0.5) is 8.78 Å². The van der Waals surface area contributed by atoms with Crippen molar-refractivity contribution in [2.45, 2.75) is 5.38 Å². The maximum atomic E-state index is 13.9. The van der Waals surface area contributed by atoms with Gasteiger partial charge < -0.3 is 9.47 Å². The number of rotatable bonds is 4. The average molecular weight is 333 g/mol. The molecule has 0 amide bonds. The van der Waals surface area contributed by atoms with Gasteiger partial charge in [0.15, 0.2) is 11.6 Å². The lowest BCUT2D eigenvalue weighted by atomic mass is 10.0. The van der Waals surface area contributed by atoms with Crippen LogP contribution in [0.5, 0.6) is 11.5 Å². The number of hydrogen-bond acceptors (Lipinski definition) is 2. The molecule has 0 radical (unpaired) electrons. The molecule has 0 spiro atoms. The van der Waals surface area contributed by atoms with Gasteiger partial charge in [-0.05, 0) is 18.2 Å². The van der Waals surface area contributed by atoms with Gasteiger partial charge >= 0.3 is 0 Å². The van der Waals surface area contributed by atoms with E-state index in [0.29, 0.717) is 11.3 Å². The molecule has 21 heavy (non-hydrogen) atoms. The van der Waals surface area contributed by atoms with Gasteiger partial charge in [0.2, 0.25) is 0 Å². The maximum Gasteiger partial charge on any atom is 0.163 e. The summed E-state index contributed by atoms with van der Waals surface area (Å²) in [5, 5.41) is -0.723. The third-order valence-corrected chi connectivity index (χ3v) is 3.87. The second-order valence-electron chi connectivity index (χ2n) is 4.21. The minimum absolute atomic E-state index is 0.0104. The first-order valence-corrected chi connectivity index (χ1v) is 6.81. The highest BCUT2D eigenvalue weighted by atomic mass is 35.5. The monoisotopic (exact) mass is 332 g/mol. The van der Waals surface area contributed by atoms with E-state index in [1.54, 1.807) is 12.1 Å². The maximum absolute atomic E-state index is 13.9. The molecule has 0 N–H and O–H groups in total. The predicted octanol–water partition coefficient (Wildman–Crippen LogP) is 4.96. The van der Waals surface area contributed by atoms with Crippen molar-refractivity contribution in [2.75, 3.05) is 14.2 Å². The van der Waals surface area contributed by atoms with Crippen LogP contribution in [0.25, 0.3) is 0 Å². The van der Waals surface area contributed by atoms with Crippen molar-refractivity contribution in [1.29, 1.82) is 0 Å². The number of alkyl halides is 1. The summed E-state index contributed by atoms with van der Waals surface area (Å²) in [5.74, 6) is -1.29. The first-order valence-electron chi connectivity index (χ1n) is 5.99. The molecule has 0 saturated heterocycles. The Bertz CT molecular complexity index is 662. The van der Waals surface area contributed by atoms with Gasteiger partial charge in [0, 0.05) is 11.1 Å². The Morgan fingerprint density at radius 3 is 2.33 bits per heavy atom. The third-order valence-electron chi connectivity index (χ3n) is 3.04. The highest BCUT2D eigenvalue weighted by Gasteiger charge is 2.23. The number of ether oxygens (including phenoxy) is 2. The van der Waals surface area contributed by atoms with Gasteiger partial charge in [-0.25, -0.2) is 8.78 Å². The van der Waals surface area contributed by atoms with Gasteiger partial charge in [-0.2, -0.15) is 0 Å². The number of methoxy groups -OCH3 is 2. The molecule has 1 unspecified atom stereocenters. The zero-order chi connectivity index (χ0) is 15.6. The largest absolute Gasteiger partial charge is 0.495 e. The topological polar surface area (TPSA) is 18.5 Å². The van der Waals surface area contributed by atoms with Crippen LogP contribution in [-0.4, -0.2) is 14.2 Å². The minimum atomic E-state index is -0.994. The van der Waals surface area contributed by atoms with Crippen molar-refractivity contribution in [2.24, 2.45) is 0 Å². The summed E-state index contributed by atoms with van der Waals surface area (Å²) in [4.78, 5) is 0. The number of benzene rings is 2.